The van der Waals surface area contributed by atoms with E-state index in [-0.39, 0.29) is 24.2 Å². The summed E-state index contributed by atoms with van der Waals surface area (Å²) in [4.78, 5) is 28.8. The van der Waals surface area contributed by atoms with Gasteiger partial charge in [0, 0.05) is 13.0 Å². The van der Waals surface area contributed by atoms with Gasteiger partial charge in [-0.05, 0) is 37.5 Å². The van der Waals surface area contributed by atoms with Crippen LogP contribution in [0.15, 0.2) is 41.7 Å². The molecule has 0 aliphatic carbocycles. The van der Waals surface area contributed by atoms with Crippen LogP contribution in [-0.2, 0) is 24.3 Å². The van der Waals surface area contributed by atoms with Crippen molar-refractivity contribution in [1.29, 1.82) is 0 Å². The number of amides is 1. The van der Waals surface area contributed by atoms with Gasteiger partial charge in [-0.15, -0.1) is 0 Å². The molecule has 0 bridgehead atoms. The van der Waals surface area contributed by atoms with Gasteiger partial charge in [-0.1, -0.05) is 18.6 Å². The molecule has 3 heterocycles. The number of carbonyl (C=O) groups excluding carboxylic acids is 1. The standard InChI is InChI=1S/C19H23N7O2/c1-14(15-6-8-16(9-7-15)26-13-20-12-21-26)22-18(27)11-25-19(28)24-10-4-2-3-5-17(24)23-25/h6-9,12-14H,2-5,10-11H2,1H3,(H,22,27). The van der Waals surface area contributed by atoms with Gasteiger partial charge in [-0.3, -0.25) is 9.36 Å². The van der Waals surface area contributed by atoms with Gasteiger partial charge in [-0.25, -0.2) is 19.1 Å². The minimum absolute atomic E-state index is 0.0692. The fourth-order valence-corrected chi connectivity index (χ4v) is 3.49. The van der Waals surface area contributed by atoms with Gasteiger partial charge in [0.1, 0.15) is 25.0 Å². The lowest BCUT2D eigenvalue weighted by Crippen LogP contribution is -2.35. The molecule has 9 heteroatoms. The molecular formula is C19H23N7O2. The number of hydrogen-bond acceptors (Lipinski definition) is 5. The Hall–Kier alpha value is -3.23. The van der Waals surface area contributed by atoms with Crippen LogP contribution in [0.1, 0.15) is 43.6 Å². The van der Waals surface area contributed by atoms with Crippen molar-refractivity contribution in [2.45, 2.75) is 51.7 Å². The number of nitrogens with zero attached hydrogens (tertiary/aromatic N) is 6. The largest absolute Gasteiger partial charge is 0.348 e. The van der Waals surface area contributed by atoms with E-state index in [9.17, 15) is 9.59 Å². The third-order valence-electron chi connectivity index (χ3n) is 5.03. The number of benzene rings is 1. The number of rotatable bonds is 5. The monoisotopic (exact) mass is 381 g/mol. The first kappa shape index (κ1) is 18.1. The Balaban J connectivity index is 1.40. The molecule has 1 aromatic carbocycles. The van der Waals surface area contributed by atoms with E-state index in [1.54, 1.807) is 15.6 Å². The minimum Gasteiger partial charge on any atom is -0.348 e. The first-order valence-electron chi connectivity index (χ1n) is 9.52. The SMILES string of the molecule is CC(NC(=O)Cn1nc2n(c1=O)CCCCC2)c1ccc(-n2cncn2)cc1. The Labute approximate surface area is 162 Å². The second kappa shape index (κ2) is 7.79. The average Bonchev–Trinajstić information content (AvgIpc) is 3.25. The third kappa shape index (κ3) is 3.73. The summed E-state index contributed by atoms with van der Waals surface area (Å²) < 4.78 is 4.64. The van der Waals surface area contributed by atoms with Crippen LogP contribution in [0.3, 0.4) is 0 Å². The molecule has 1 amide bonds. The summed E-state index contributed by atoms with van der Waals surface area (Å²) in [5, 5.41) is 11.4. The first-order chi connectivity index (χ1) is 13.6. The summed E-state index contributed by atoms with van der Waals surface area (Å²) in [6, 6.07) is 7.53. The zero-order chi connectivity index (χ0) is 19.5. The Bertz CT molecular complexity index is 1000. The summed E-state index contributed by atoms with van der Waals surface area (Å²) in [5.74, 6) is 0.551. The van der Waals surface area contributed by atoms with Gasteiger partial charge in [0.2, 0.25) is 5.91 Å². The number of aromatic nitrogens is 6. The van der Waals surface area contributed by atoms with Crippen molar-refractivity contribution in [2.75, 3.05) is 0 Å². The van der Waals surface area contributed by atoms with E-state index < -0.39 is 0 Å². The van der Waals surface area contributed by atoms with Crippen LogP contribution < -0.4 is 11.0 Å². The van der Waals surface area contributed by atoms with Crippen molar-refractivity contribution in [3.05, 3.63) is 58.8 Å². The summed E-state index contributed by atoms with van der Waals surface area (Å²) in [6.45, 7) is 2.53. The quantitative estimate of drug-likeness (QED) is 0.717. The third-order valence-corrected chi connectivity index (χ3v) is 5.03. The number of aryl methyl sites for hydroxylation is 1. The molecule has 1 unspecified atom stereocenters. The molecule has 9 nitrogen and oxygen atoms in total. The van der Waals surface area contributed by atoms with Crippen molar-refractivity contribution in [3.8, 4) is 5.69 Å². The Morgan fingerprint density at radius 2 is 2.04 bits per heavy atom. The minimum atomic E-state index is -0.233. The fraction of sp³-hybridized carbons (Fsp3) is 0.421. The molecule has 4 rings (SSSR count). The highest BCUT2D eigenvalue weighted by molar-refractivity contribution is 5.76. The average molecular weight is 381 g/mol. The highest BCUT2D eigenvalue weighted by atomic mass is 16.2. The molecule has 28 heavy (non-hydrogen) atoms. The van der Waals surface area contributed by atoms with Crippen LogP contribution in [0.5, 0.6) is 0 Å². The molecule has 3 aromatic rings. The second-order valence-electron chi connectivity index (χ2n) is 7.04. The molecule has 0 spiro atoms. The maximum atomic E-state index is 12.5. The first-order valence-corrected chi connectivity index (χ1v) is 9.52. The van der Waals surface area contributed by atoms with E-state index in [2.05, 4.69) is 20.5 Å². The second-order valence-corrected chi connectivity index (χ2v) is 7.04. The van der Waals surface area contributed by atoms with Crippen LogP contribution in [0.2, 0.25) is 0 Å². The maximum Gasteiger partial charge on any atom is 0.346 e. The van der Waals surface area contributed by atoms with Crippen molar-refractivity contribution < 1.29 is 4.79 Å². The summed E-state index contributed by atoms with van der Waals surface area (Å²) in [7, 11) is 0. The molecule has 0 radical (unpaired) electrons. The molecule has 1 aliphatic rings. The molecule has 1 aliphatic heterocycles. The van der Waals surface area contributed by atoms with Crippen LogP contribution in [0.4, 0.5) is 0 Å². The van der Waals surface area contributed by atoms with E-state index >= 15 is 0 Å². The van der Waals surface area contributed by atoms with Crippen molar-refractivity contribution >= 4 is 5.91 Å². The smallest absolute Gasteiger partial charge is 0.346 e. The van der Waals surface area contributed by atoms with Crippen LogP contribution in [0, 0.1) is 0 Å². The van der Waals surface area contributed by atoms with E-state index in [0.717, 1.165) is 42.8 Å². The molecule has 1 atom stereocenters. The van der Waals surface area contributed by atoms with E-state index in [4.69, 9.17) is 0 Å². The van der Waals surface area contributed by atoms with Gasteiger partial charge in [-0.2, -0.15) is 10.2 Å². The lowest BCUT2D eigenvalue weighted by Gasteiger charge is -2.14. The van der Waals surface area contributed by atoms with Crippen molar-refractivity contribution in [2.24, 2.45) is 0 Å². The zero-order valence-corrected chi connectivity index (χ0v) is 15.8. The number of fused-ring (bicyclic) bond motifs is 1. The van der Waals surface area contributed by atoms with Crippen LogP contribution in [0.25, 0.3) is 5.69 Å². The van der Waals surface area contributed by atoms with E-state index in [0.29, 0.717) is 6.54 Å². The van der Waals surface area contributed by atoms with Crippen LogP contribution in [-0.4, -0.2) is 35.0 Å². The van der Waals surface area contributed by atoms with Gasteiger partial charge in [0.05, 0.1) is 11.7 Å². The lowest BCUT2D eigenvalue weighted by molar-refractivity contribution is -0.122. The molecule has 0 fully saturated rings. The number of nitrogens with one attached hydrogen (secondary N) is 1. The number of hydrogen-bond donors (Lipinski definition) is 1. The molecule has 0 saturated carbocycles. The van der Waals surface area contributed by atoms with Crippen molar-refractivity contribution in [3.63, 3.8) is 0 Å². The number of carbonyl (C=O) groups is 1. The lowest BCUT2D eigenvalue weighted by atomic mass is 10.1. The maximum absolute atomic E-state index is 12.5. The predicted molar refractivity (Wildman–Crippen MR) is 102 cm³/mol. The summed E-state index contributed by atoms with van der Waals surface area (Å²) >= 11 is 0. The highest BCUT2D eigenvalue weighted by Crippen LogP contribution is 2.15. The Kier molecular flexibility index (Phi) is 5.05. The van der Waals surface area contributed by atoms with Crippen LogP contribution >= 0.6 is 0 Å². The topological polar surface area (TPSA) is 99.6 Å². The van der Waals surface area contributed by atoms with Gasteiger partial charge < -0.3 is 5.32 Å². The zero-order valence-electron chi connectivity index (χ0n) is 15.8. The fourth-order valence-electron chi connectivity index (χ4n) is 3.49. The normalized spacial score (nSPS) is 14.9. The predicted octanol–water partition coefficient (Wildman–Crippen LogP) is 1.23. The van der Waals surface area contributed by atoms with E-state index in [1.807, 2.05) is 31.2 Å². The molecule has 2 aromatic heterocycles. The molecule has 146 valence electrons. The molecule has 0 saturated heterocycles. The molecule has 1 N–H and O–H groups in total. The van der Waals surface area contributed by atoms with Gasteiger partial charge in [0.15, 0.2) is 0 Å². The Morgan fingerprint density at radius 1 is 1.21 bits per heavy atom. The van der Waals surface area contributed by atoms with E-state index in [1.165, 1.54) is 11.0 Å². The van der Waals surface area contributed by atoms with Gasteiger partial charge >= 0.3 is 5.69 Å². The highest BCUT2D eigenvalue weighted by Gasteiger charge is 2.18. The summed E-state index contributed by atoms with van der Waals surface area (Å²) in [5.41, 5.74) is 1.66. The Morgan fingerprint density at radius 3 is 2.79 bits per heavy atom. The molecular weight excluding hydrogens is 358 g/mol. The van der Waals surface area contributed by atoms with Crippen molar-refractivity contribution in [1.82, 2.24) is 34.4 Å². The summed E-state index contributed by atoms with van der Waals surface area (Å²) in [6.07, 6.45) is 7.02. The van der Waals surface area contributed by atoms with Gasteiger partial charge in [0.25, 0.3) is 0 Å².